The van der Waals surface area contributed by atoms with Gasteiger partial charge in [-0.3, -0.25) is 4.98 Å². The van der Waals surface area contributed by atoms with Crippen LogP contribution in [0.5, 0.6) is 0 Å². The predicted molar refractivity (Wildman–Crippen MR) is 114 cm³/mol. The largest absolute Gasteiger partial charge is 0.336 e. The molecule has 6 nitrogen and oxygen atoms in total. The third-order valence-corrected chi connectivity index (χ3v) is 6.75. The van der Waals surface area contributed by atoms with E-state index in [0.29, 0.717) is 16.3 Å². The molecule has 3 aromatic rings. The fourth-order valence-electron chi connectivity index (χ4n) is 2.86. The Hall–Kier alpha value is -2.97. The van der Waals surface area contributed by atoms with Crippen molar-refractivity contribution in [2.24, 2.45) is 0 Å². The molecular formula is C21H19ClFN3O3S. The number of hydrogen-bond donors (Lipinski definition) is 2. The van der Waals surface area contributed by atoms with Gasteiger partial charge in [0, 0.05) is 29.6 Å². The molecule has 1 heterocycles. The molecule has 0 bridgehead atoms. The highest BCUT2D eigenvalue weighted by Crippen LogP contribution is 2.29. The van der Waals surface area contributed by atoms with Crippen molar-refractivity contribution in [3.8, 4) is 0 Å². The third kappa shape index (κ3) is 5.14. The van der Waals surface area contributed by atoms with E-state index in [2.05, 4.69) is 15.6 Å². The van der Waals surface area contributed by atoms with E-state index in [-0.39, 0.29) is 17.0 Å². The number of amides is 2. The number of nitrogens with zero attached hydrogens (tertiary/aromatic N) is 1. The average molecular weight is 448 g/mol. The molecule has 0 aliphatic rings. The van der Waals surface area contributed by atoms with Crippen LogP contribution in [0.2, 0.25) is 5.02 Å². The second-order valence-electron chi connectivity index (χ2n) is 6.58. The zero-order valence-electron chi connectivity index (χ0n) is 16.0. The number of carbonyl (C=O) groups is 1. The third-order valence-electron chi connectivity index (χ3n) is 4.42. The van der Waals surface area contributed by atoms with E-state index in [4.69, 9.17) is 11.6 Å². The molecule has 1 aromatic heterocycles. The fraction of sp³-hybridized carbons (Fsp3) is 0.143. The summed E-state index contributed by atoms with van der Waals surface area (Å²) in [5.74, 6) is -0.495. The zero-order valence-corrected chi connectivity index (χ0v) is 17.5. The summed E-state index contributed by atoms with van der Waals surface area (Å²) in [5.41, 5.74) is 1.09. The van der Waals surface area contributed by atoms with Crippen LogP contribution in [-0.2, 0) is 9.84 Å². The molecule has 9 heteroatoms. The first-order chi connectivity index (χ1) is 14.3. The highest BCUT2D eigenvalue weighted by Gasteiger charge is 2.30. The van der Waals surface area contributed by atoms with Crippen LogP contribution in [0.3, 0.4) is 0 Å². The SMILES string of the molecule is Cc1cc(S(=O)(=O)C(CNC(=O)Nc2cccc(Cl)c2)c2cccnc2)ccc1F. The molecule has 2 aromatic carbocycles. The zero-order chi connectivity index (χ0) is 21.7. The maximum absolute atomic E-state index is 13.6. The van der Waals surface area contributed by atoms with Gasteiger partial charge in [0.05, 0.1) is 4.90 Å². The minimum Gasteiger partial charge on any atom is -0.336 e. The van der Waals surface area contributed by atoms with Crippen LogP contribution in [0.4, 0.5) is 14.9 Å². The van der Waals surface area contributed by atoms with Crippen LogP contribution in [-0.4, -0.2) is 26.0 Å². The lowest BCUT2D eigenvalue weighted by molar-refractivity contribution is 0.252. The van der Waals surface area contributed by atoms with Crippen molar-refractivity contribution in [3.63, 3.8) is 0 Å². The molecule has 2 N–H and O–H groups in total. The van der Waals surface area contributed by atoms with Gasteiger partial charge in [-0.2, -0.15) is 0 Å². The molecule has 0 fully saturated rings. The maximum atomic E-state index is 13.6. The van der Waals surface area contributed by atoms with Crippen molar-refractivity contribution in [3.05, 3.63) is 89.0 Å². The van der Waals surface area contributed by atoms with Crippen molar-refractivity contribution in [1.29, 1.82) is 0 Å². The molecule has 0 aliphatic carbocycles. The number of sulfone groups is 1. The Morgan fingerprint density at radius 1 is 1.17 bits per heavy atom. The second-order valence-corrected chi connectivity index (χ2v) is 9.14. The normalized spacial score (nSPS) is 12.2. The number of urea groups is 1. The van der Waals surface area contributed by atoms with Crippen molar-refractivity contribution in [2.75, 3.05) is 11.9 Å². The van der Waals surface area contributed by atoms with Gasteiger partial charge in [0.1, 0.15) is 11.1 Å². The quantitative estimate of drug-likeness (QED) is 0.544. The number of hydrogen-bond acceptors (Lipinski definition) is 4. The predicted octanol–water partition coefficient (Wildman–Crippen LogP) is 4.52. The lowest BCUT2D eigenvalue weighted by Crippen LogP contribution is -2.35. The number of rotatable bonds is 6. The standard InChI is InChI=1S/C21H19ClFN3O3S/c1-14-10-18(7-8-19(14)23)30(28,29)20(15-4-3-9-24-12-15)13-25-21(27)26-17-6-2-5-16(22)11-17/h2-12,20H,13H2,1H3,(H2,25,26,27). The summed E-state index contributed by atoms with van der Waals surface area (Å²) >= 11 is 5.90. The molecular weight excluding hydrogens is 429 g/mol. The first-order valence-electron chi connectivity index (χ1n) is 8.98. The Labute approximate surface area is 179 Å². The molecule has 0 spiro atoms. The van der Waals surface area contributed by atoms with Gasteiger partial charge in [0.2, 0.25) is 0 Å². The number of aromatic nitrogens is 1. The van der Waals surface area contributed by atoms with E-state index in [0.717, 1.165) is 6.07 Å². The number of aryl methyl sites for hydroxylation is 1. The summed E-state index contributed by atoms with van der Waals surface area (Å²) in [4.78, 5) is 16.2. The smallest absolute Gasteiger partial charge is 0.319 e. The van der Waals surface area contributed by atoms with Crippen molar-refractivity contribution >= 4 is 33.2 Å². The Morgan fingerprint density at radius 3 is 2.63 bits per heavy atom. The van der Waals surface area contributed by atoms with E-state index in [1.165, 1.54) is 31.5 Å². The first kappa shape index (κ1) is 21.7. The minimum atomic E-state index is -3.94. The summed E-state index contributed by atoms with van der Waals surface area (Å²) in [5, 5.41) is 4.52. The summed E-state index contributed by atoms with van der Waals surface area (Å²) in [6, 6.07) is 12.8. The maximum Gasteiger partial charge on any atom is 0.319 e. The topological polar surface area (TPSA) is 88.2 Å². The van der Waals surface area contributed by atoms with E-state index in [1.54, 1.807) is 36.4 Å². The van der Waals surface area contributed by atoms with Crippen LogP contribution in [0, 0.1) is 12.7 Å². The molecule has 2 amide bonds. The van der Waals surface area contributed by atoms with E-state index in [1.807, 2.05) is 0 Å². The number of benzene rings is 2. The van der Waals surface area contributed by atoms with Crippen molar-refractivity contribution in [2.45, 2.75) is 17.1 Å². The molecule has 156 valence electrons. The van der Waals surface area contributed by atoms with Crippen LogP contribution in [0.15, 0.2) is 71.9 Å². The monoisotopic (exact) mass is 447 g/mol. The highest BCUT2D eigenvalue weighted by atomic mass is 35.5. The Morgan fingerprint density at radius 2 is 1.97 bits per heavy atom. The molecule has 0 saturated carbocycles. The van der Waals surface area contributed by atoms with Gasteiger partial charge in [-0.15, -0.1) is 0 Å². The number of nitrogens with one attached hydrogen (secondary N) is 2. The number of anilines is 1. The van der Waals surface area contributed by atoms with Gasteiger partial charge < -0.3 is 10.6 Å². The summed E-state index contributed by atoms with van der Waals surface area (Å²) in [6.07, 6.45) is 2.95. The van der Waals surface area contributed by atoms with E-state index in [9.17, 15) is 17.6 Å². The Kier molecular flexibility index (Phi) is 6.69. The van der Waals surface area contributed by atoms with Crippen LogP contribution >= 0.6 is 11.6 Å². The van der Waals surface area contributed by atoms with Crippen LogP contribution in [0.25, 0.3) is 0 Å². The number of pyridine rings is 1. The van der Waals surface area contributed by atoms with E-state index < -0.39 is 26.9 Å². The summed E-state index contributed by atoms with van der Waals surface area (Å²) in [6.45, 7) is 1.28. The van der Waals surface area contributed by atoms with Crippen molar-refractivity contribution < 1.29 is 17.6 Å². The average Bonchev–Trinajstić information content (AvgIpc) is 2.70. The first-order valence-corrected chi connectivity index (χ1v) is 10.9. The number of halogens is 2. The highest BCUT2D eigenvalue weighted by molar-refractivity contribution is 7.91. The van der Waals surface area contributed by atoms with Gasteiger partial charge in [-0.25, -0.2) is 17.6 Å². The second kappa shape index (κ2) is 9.23. The molecule has 0 radical (unpaired) electrons. The van der Waals surface area contributed by atoms with Gasteiger partial charge >= 0.3 is 6.03 Å². The molecule has 0 saturated heterocycles. The number of carbonyl (C=O) groups excluding carboxylic acids is 1. The van der Waals surface area contributed by atoms with Crippen LogP contribution < -0.4 is 10.6 Å². The minimum absolute atomic E-state index is 0.0349. The lowest BCUT2D eigenvalue weighted by Gasteiger charge is -2.19. The van der Waals surface area contributed by atoms with E-state index >= 15 is 0 Å². The fourth-order valence-corrected chi connectivity index (χ4v) is 4.78. The molecule has 0 aliphatic heterocycles. The molecule has 3 rings (SSSR count). The lowest BCUT2D eigenvalue weighted by atomic mass is 10.2. The van der Waals surface area contributed by atoms with Crippen LogP contribution in [0.1, 0.15) is 16.4 Å². The van der Waals surface area contributed by atoms with Gasteiger partial charge in [-0.05, 0) is 60.5 Å². The molecule has 1 unspecified atom stereocenters. The molecule has 1 atom stereocenters. The van der Waals surface area contributed by atoms with Gasteiger partial charge in [-0.1, -0.05) is 23.7 Å². The van der Waals surface area contributed by atoms with Crippen molar-refractivity contribution in [1.82, 2.24) is 10.3 Å². The summed E-state index contributed by atoms with van der Waals surface area (Å²) in [7, 11) is -3.94. The Balaban J connectivity index is 1.84. The van der Waals surface area contributed by atoms with Gasteiger partial charge in [0.25, 0.3) is 0 Å². The molecule has 30 heavy (non-hydrogen) atoms. The summed E-state index contributed by atoms with van der Waals surface area (Å²) < 4.78 is 40.2. The Bertz CT molecular complexity index is 1160. The van der Waals surface area contributed by atoms with Gasteiger partial charge in [0.15, 0.2) is 9.84 Å².